The first-order valence-electron chi connectivity index (χ1n) is 6.10. The molecule has 1 rings (SSSR count). The Balaban J connectivity index is 3.43. The van der Waals surface area contributed by atoms with Crippen LogP contribution >= 0.6 is 11.6 Å². The molecule has 1 unspecified atom stereocenters. The van der Waals surface area contributed by atoms with Crippen molar-refractivity contribution < 1.29 is 20.2 Å². The maximum absolute atomic E-state index is 12.1. The smallest absolute Gasteiger partial charge is 0.320 e. The van der Waals surface area contributed by atoms with Crippen molar-refractivity contribution in [1.29, 1.82) is 0 Å². The minimum absolute atomic E-state index is 0.174. The monoisotopic (exact) mass is 246 g/mol. The van der Waals surface area contributed by atoms with Crippen LogP contribution in [0.15, 0.2) is 18.2 Å². The molecule has 0 fully saturated rings. The fraction of sp³-hybridized carbons (Fsp3) is 0.200. The van der Waals surface area contributed by atoms with E-state index in [1.165, 1.54) is 0 Å². The molecule has 0 amide bonds. The first kappa shape index (κ1) is 7.65. The quantitative estimate of drug-likeness (QED) is 0.541. The molecular weight excluding hydrogens is 232 g/mol. The summed E-state index contributed by atoms with van der Waals surface area (Å²) in [4.78, 5) is 22.8. The zero-order chi connectivity index (χ0) is 15.8. The molecule has 0 saturated heterocycles. The van der Waals surface area contributed by atoms with Gasteiger partial charge >= 0.3 is 5.97 Å². The van der Waals surface area contributed by atoms with Gasteiger partial charge < -0.3 is 16.6 Å². The van der Waals surface area contributed by atoms with Crippen LogP contribution in [0.2, 0.25) is 5.02 Å². The Labute approximate surface area is 103 Å². The Morgan fingerprint density at radius 1 is 1.62 bits per heavy atom. The summed E-state index contributed by atoms with van der Waals surface area (Å²) in [6, 6.07) is -2.29. The molecule has 0 aliphatic heterocycles. The van der Waals surface area contributed by atoms with Crippen molar-refractivity contribution in [3.63, 3.8) is 0 Å². The number of carboxylic acid groups (broad SMARTS) is 1. The van der Waals surface area contributed by atoms with Crippen LogP contribution in [0.1, 0.15) is 22.2 Å². The largest absolute Gasteiger partial charge is 0.480 e. The van der Waals surface area contributed by atoms with Crippen molar-refractivity contribution in [1.82, 2.24) is 0 Å². The number of carbonyl (C=O) groups excluding carboxylic acids is 1. The van der Waals surface area contributed by atoms with Crippen LogP contribution in [-0.2, 0) is 4.79 Å². The Bertz CT molecular complexity index is 594. The number of aliphatic carboxylic acids is 1. The average Bonchev–Trinajstić information content (AvgIpc) is 2.34. The van der Waals surface area contributed by atoms with E-state index in [0.29, 0.717) is 0 Å². The Kier molecular flexibility index (Phi) is 2.37. The van der Waals surface area contributed by atoms with Crippen LogP contribution < -0.4 is 11.5 Å². The highest BCUT2D eigenvalue weighted by Crippen LogP contribution is 2.19. The van der Waals surface area contributed by atoms with Crippen LogP contribution in [0.3, 0.4) is 0 Å². The second-order valence-corrected chi connectivity index (χ2v) is 3.27. The van der Waals surface area contributed by atoms with Gasteiger partial charge in [-0.25, -0.2) is 0 Å². The highest BCUT2D eigenvalue weighted by atomic mass is 35.5. The van der Waals surface area contributed by atoms with Gasteiger partial charge in [0.15, 0.2) is 5.78 Å². The van der Waals surface area contributed by atoms with Crippen molar-refractivity contribution in [3.8, 4) is 0 Å². The summed E-state index contributed by atoms with van der Waals surface area (Å²) in [5.74, 6) is -3.09. The van der Waals surface area contributed by atoms with Crippen molar-refractivity contribution in [2.24, 2.45) is 5.73 Å². The first-order chi connectivity index (χ1) is 9.01. The van der Waals surface area contributed by atoms with Gasteiger partial charge in [0.05, 0.1) is 2.74 Å². The van der Waals surface area contributed by atoms with Gasteiger partial charge in [0.25, 0.3) is 0 Å². The summed E-state index contributed by atoms with van der Waals surface area (Å²) < 4.78 is 30.1. The number of ketones is 1. The predicted octanol–water partition coefficient (Wildman–Crippen LogP) is 0.907. The maximum Gasteiger partial charge on any atom is 0.320 e. The van der Waals surface area contributed by atoms with Gasteiger partial charge in [0, 0.05) is 25.4 Å². The number of anilines is 1. The molecule has 0 aromatic heterocycles. The number of nitrogen functional groups attached to an aromatic ring is 1. The van der Waals surface area contributed by atoms with Gasteiger partial charge in [-0.15, -0.1) is 0 Å². The molecule has 0 bridgehead atoms. The molecule has 0 heterocycles. The van der Waals surface area contributed by atoms with E-state index in [0.717, 1.165) is 6.07 Å². The third-order valence-electron chi connectivity index (χ3n) is 1.66. The molecule has 1 aromatic carbocycles. The zero-order valence-electron chi connectivity index (χ0n) is 12.0. The summed E-state index contributed by atoms with van der Waals surface area (Å²) in [6.45, 7) is 0. The Hall–Kier alpha value is -1.59. The van der Waals surface area contributed by atoms with E-state index in [9.17, 15) is 9.59 Å². The lowest BCUT2D eigenvalue weighted by molar-refractivity contribution is -0.138. The van der Waals surface area contributed by atoms with Crippen molar-refractivity contribution >= 4 is 29.0 Å². The van der Waals surface area contributed by atoms with Gasteiger partial charge in [-0.1, -0.05) is 11.6 Å². The van der Waals surface area contributed by atoms with Crippen LogP contribution in [-0.4, -0.2) is 22.9 Å². The van der Waals surface area contributed by atoms with E-state index in [1.54, 1.807) is 0 Å². The molecule has 0 aliphatic carbocycles. The lowest BCUT2D eigenvalue weighted by Crippen LogP contribution is -2.32. The molecule has 0 radical (unpaired) electrons. The molecule has 0 saturated carbocycles. The van der Waals surface area contributed by atoms with E-state index in [2.05, 4.69) is 0 Å². The van der Waals surface area contributed by atoms with Gasteiger partial charge in [-0.2, -0.15) is 0 Å². The highest BCUT2D eigenvalue weighted by molar-refractivity contribution is 6.31. The highest BCUT2D eigenvalue weighted by Gasteiger charge is 2.18. The third-order valence-corrected chi connectivity index (χ3v) is 1.86. The molecule has 0 spiro atoms. The molecule has 1 aromatic rings. The fourth-order valence-corrected chi connectivity index (χ4v) is 1.07. The minimum Gasteiger partial charge on any atom is -0.480 e. The van der Waals surface area contributed by atoms with Gasteiger partial charge in [0.2, 0.25) is 0 Å². The molecule has 5 nitrogen and oxygen atoms in total. The zero-order valence-corrected chi connectivity index (χ0v) is 8.71. The molecule has 0 aliphatic rings. The summed E-state index contributed by atoms with van der Waals surface area (Å²) in [5, 5.41) is 8.52. The summed E-state index contributed by atoms with van der Waals surface area (Å²) in [7, 11) is 0. The number of Topliss-reactive ketones (excluding diaryl/α,β-unsaturated/α-hetero) is 1. The second kappa shape index (κ2) is 4.96. The van der Waals surface area contributed by atoms with E-state index in [1.807, 2.05) is 0 Å². The van der Waals surface area contributed by atoms with Crippen molar-refractivity contribution in [2.75, 3.05) is 5.73 Å². The number of nitrogens with two attached hydrogens (primary N) is 2. The van der Waals surface area contributed by atoms with E-state index in [-0.39, 0.29) is 10.7 Å². The second-order valence-electron chi connectivity index (χ2n) is 2.86. The lowest BCUT2D eigenvalue weighted by Gasteiger charge is -2.07. The topological polar surface area (TPSA) is 106 Å². The normalized spacial score (nSPS) is 16.6. The van der Waals surface area contributed by atoms with Crippen molar-refractivity contribution in [2.45, 2.75) is 12.4 Å². The number of benzene rings is 1. The molecule has 86 valence electrons. The first-order valence-corrected chi connectivity index (χ1v) is 4.48. The number of rotatable bonds is 4. The predicted molar refractivity (Wildman–Crippen MR) is 60.4 cm³/mol. The van der Waals surface area contributed by atoms with E-state index in [4.69, 9.17) is 33.7 Å². The lowest BCUT2D eigenvalue weighted by atomic mass is 10.0. The molecule has 5 N–H and O–H groups in total. The minimum atomic E-state index is -2.98. The third kappa shape index (κ3) is 2.95. The molecule has 16 heavy (non-hydrogen) atoms. The molecule has 1 atom stereocenters. The van der Waals surface area contributed by atoms with E-state index >= 15 is 0 Å². The Morgan fingerprint density at radius 3 is 2.81 bits per heavy atom. The van der Waals surface area contributed by atoms with Gasteiger partial charge in [-0.3, -0.25) is 9.59 Å². The van der Waals surface area contributed by atoms with Crippen LogP contribution in [0.25, 0.3) is 0 Å². The number of halogens is 1. The maximum atomic E-state index is 12.1. The number of hydrogen-bond donors (Lipinski definition) is 3. The van der Waals surface area contributed by atoms with Gasteiger partial charge in [0.1, 0.15) is 6.04 Å². The summed E-state index contributed by atoms with van der Waals surface area (Å²) in [6.07, 6.45) is -2.98. The van der Waals surface area contributed by atoms with Crippen molar-refractivity contribution in [3.05, 3.63) is 28.7 Å². The summed E-state index contributed by atoms with van der Waals surface area (Å²) >= 11 is 5.61. The molecule has 6 heteroatoms. The molecular formula is C10H11ClN2O3. The SMILES string of the molecule is [2H]c1c(Cl)cc(N)c(C(=O)C([2H])([2H])C(N)C(=O)O)c1[2H]. The van der Waals surface area contributed by atoms with Crippen LogP contribution in [0.5, 0.6) is 0 Å². The van der Waals surface area contributed by atoms with Crippen LogP contribution in [0, 0.1) is 0 Å². The van der Waals surface area contributed by atoms with E-state index < -0.39 is 41.8 Å². The average molecular weight is 247 g/mol. The fourth-order valence-electron chi connectivity index (χ4n) is 0.902. The number of carbonyl (C=O) groups is 2. The summed E-state index contributed by atoms with van der Waals surface area (Å²) in [5.41, 5.74) is 9.70. The standard InChI is InChI=1S/C10H11ClN2O3/c11-5-1-2-6(7(12)3-5)9(14)4-8(13)10(15)16/h1-3,8H,4,12-13H2,(H,15,16)/i1D,2D,4D2. The van der Waals surface area contributed by atoms with Crippen LogP contribution in [0.4, 0.5) is 5.69 Å². The number of carboxylic acids is 1. The van der Waals surface area contributed by atoms with Gasteiger partial charge in [-0.05, 0) is 18.2 Å². The Morgan fingerprint density at radius 2 is 2.25 bits per heavy atom. The number of hydrogen-bond acceptors (Lipinski definition) is 4.